The Labute approximate surface area is 187 Å². The average molecular weight is 436 g/mol. The van der Waals surface area contributed by atoms with Crippen molar-refractivity contribution in [3.63, 3.8) is 0 Å². The highest BCUT2D eigenvalue weighted by molar-refractivity contribution is 7.80. The summed E-state index contributed by atoms with van der Waals surface area (Å²) in [6.45, 7) is 4.59. The van der Waals surface area contributed by atoms with E-state index in [0.29, 0.717) is 18.0 Å². The number of hydrogen-bond acceptors (Lipinski definition) is 5. The number of nitrogens with one attached hydrogen (secondary N) is 1. The molecular weight excluding hydrogens is 410 g/mol. The molecule has 0 saturated carbocycles. The monoisotopic (exact) mass is 435 g/mol. The second-order valence-corrected chi connectivity index (χ2v) is 7.91. The maximum atomic E-state index is 13.1. The van der Waals surface area contributed by atoms with Gasteiger partial charge in [0.1, 0.15) is 11.3 Å². The maximum absolute atomic E-state index is 13.1. The van der Waals surface area contributed by atoms with Gasteiger partial charge >= 0.3 is 0 Å². The van der Waals surface area contributed by atoms with Gasteiger partial charge in [0.25, 0.3) is 11.8 Å². The summed E-state index contributed by atoms with van der Waals surface area (Å²) in [6, 6.07) is 15.0. The van der Waals surface area contributed by atoms with Crippen LogP contribution < -0.4 is 19.9 Å². The zero-order chi connectivity index (χ0) is 21.8. The molecule has 7 heteroatoms. The van der Waals surface area contributed by atoms with Crippen LogP contribution in [0, 0.1) is 0 Å². The number of thiocarbonyl (C=S) groups is 1. The van der Waals surface area contributed by atoms with Crippen molar-refractivity contribution in [2.24, 2.45) is 0 Å². The summed E-state index contributed by atoms with van der Waals surface area (Å²) in [7, 11) is 0. The van der Waals surface area contributed by atoms with Crippen LogP contribution in [0.15, 0.2) is 54.1 Å². The Morgan fingerprint density at radius 1 is 0.968 bits per heavy atom. The van der Waals surface area contributed by atoms with Gasteiger partial charge in [0, 0.05) is 18.8 Å². The molecule has 2 amide bonds. The summed E-state index contributed by atoms with van der Waals surface area (Å²) in [6.07, 6.45) is 5.31. The van der Waals surface area contributed by atoms with E-state index in [1.807, 2.05) is 31.2 Å². The van der Waals surface area contributed by atoms with E-state index in [9.17, 15) is 9.59 Å². The number of carbonyl (C=O) groups excluding carboxylic acids is 2. The van der Waals surface area contributed by atoms with E-state index in [2.05, 4.69) is 10.2 Å². The highest BCUT2D eigenvalue weighted by Crippen LogP contribution is 2.25. The zero-order valence-electron chi connectivity index (χ0n) is 17.5. The molecule has 2 aromatic rings. The summed E-state index contributed by atoms with van der Waals surface area (Å²) in [5.74, 6) is -0.231. The molecule has 0 aromatic heterocycles. The molecule has 4 rings (SSSR count). The summed E-state index contributed by atoms with van der Waals surface area (Å²) >= 11 is 5.26. The number of ether oxygens (including phenoxy) is 1. The van der Waals surface area contributed by atoms with Gasteiger partial charge in [-0.05, 0) is 86.4 Å². The lowest BCUT2D eigenvalue weighted by Crippen LogP contribution is -2.54. The molecule has 0 spiro atoms. The molecule has 31 heavy (non-hydrogen) atoms. The van der Waals surface area contributed by atoms with Crippen LogP contribution in [0.5, 0.6) is 5.75 Å². The lowest BCUT2D eigenvalue weighted by atomic mass is 10.1. The van der Waals surface area contributed by atoms with Crippen LogP contribution >= 0.6 is 12.2 Å². The van der Waals surface area contributed by atoms with Gasteiger partial charge in [-0.3, -0.25) is 19.8 Å². The van der Waals surface area contributed by atoms with Gasteiger partial charge in [-0.25, -0.2) is 0 Å². The minimum Gasteiger partial charge on any atom is -0.494 e. The lowest BCUT2D eigenvalue weighted by molar-refractivity contribution is -0.122. The van der Waals surface area contributed by atoms with Crippen molar-refractivity contribution < 1.29 is 14.3 Å². The minimum absolute atomic E-state index is 0.0493. The van der Waals surface area contributed by atoms with E-state index in [-0.39, 0.29) is 10.7 Å². The van der Waals surface area contributed by atoms with E-state index in [1.54, 1.807) is 30.3 Å². The number of carbonyl (C=O) groups is 2. The number of rotatable bonds is 5. The first-order valence-corrected chi connectivity index (χ1v) is 11.0. The largest absolute Gasteiger partial charge is 0.494 e. The smallest absolute Gasteiger partial charge is 0.270 e. The molecule has 160 valence electrons. The van der Waals surface area contributed by atoms with Crippen LogP contribution in [-0.2, 0) is 9.59 Å². The third-order valence-electron chi connectivity index (χ3n) is 5.43. The van der Waals surface area contributed by atoms with Gasteiger partial charge in [-0.2, -0.15) is 0 Å². The first-order valence-electron chi connectivity index (χ1n) is 10.6. The van der Waals surface area contributed by atoms with E-state index < -0.39 is 11.8 Å². The Kier molecular flexibility index (Phi) is 6.32. The van der Waals surface area contributed by atoms with Crippen LogP contribution in [0.1, 0.15) is 31.7 Å². The second kappa shape index (κ2) is 9.31. The highest BCUT2D eigenvalue weighted by atomic mass is 32.1. The summed E-state index contributed by atoms with van der Waals surface area (Å²) < 4.78 is 5.45. The van der Waals surface area contributed by atoms with Gasteiger partial charge in [-0.1, -0.05) is 12.1 Å². The first kappa shape index (κ1) is 21.1. The van der Waals surface area contributed by atoms with Gasteiger partial charge < -0.3 is 9.64 Å². The second-order valence-electron chi connectivity index (χ2n) is 7.52. The molecule has 2 fully saturated rings. The Hall–Kier alpha value is -3.19. The Morgan fingerprint density at radius 3 is 2.26 bits per heavy atom. The fourth-order valence-corrected chi connectivity index (χ4v) is 4.13. The fraction of sp³-hybridized carbons (Fsp3) is 0.292. The van der Waals surface area contributed by atoms with E-state index >= 15 is 0 Å². The number of hydrogen-bond donors (Lipinski definition) is 1. The van der Waals surface area contributed by atoms with E-state index in [4.69, 9.17) is 17.0 Å². The van der Waals surface area contributed by atoms with Crippen molar-refractivity contribution in [1.29, 1.82) is 0 Å². The Balaban J connectivity index is 1.56. The molecule has 6 nitrogen and oxygen atoms in total. The number of amides is 2. The van der Waals surface area contributed by atoms with Gasteiger partial charge in [0.05, 0.1) is 12.3 Å². The molecule has 0 radical (unpaired) electrons. The van der Waals surface area contributed by atoms with Crippen LogP contribution in [0.3, 0.4) is 0 Å². The number of benzene rings is 2. The predicted molar refractivity (Wildman–Crippen MR) is 126 cm³/mol. The third kappa shape index (κ3) is 4.61. The van der Waals surface area contributed by atoms with Crippen molar-refractivity contribution in [3.05, 3.63) is 59.7 Å². The summed E-state index contributed by atoms with van der Waals surface area (Å²) in [5.41, 5.74) is 2.58. The molecule has 0 bridgehead atoms. The van der Waals surface area contributed by atoms with Crippen molar-refractivity contribution in [1.82, 2.24) is 5.32 Å². The quantitative estimate of drug-likeness (QED) is 0.438. The SMILES string of the molecule is CCOc1ccc(N2C(=O)/C(=C/c3ccc(N4CCCCC4)cc3)C(=O)NC2=S)cc1. The van der Waals surface area contributed by atoms with Crippen molar-refractivity contribution in [2.75, 3.05) is 29.5 Å². The zero-order valence-corrected chi connectivity index (χ0v) is 18.3. The number of nitrogens with zero attached hydrogens (tertiary/aromatic N) is 2. The Bertz CT molecular complexity index is 1010. The van der Waals surface area contributed by atoms with E-state index in [1.165, 1.54) is 29.8 Å². The maximum Gasteiger partial charge on any atom is 0.270 e. The normalized spacial score (nSPS) is 18.4. The highest BCUT2D eigenvalue weighted by Gasteiger charge is 2.34. The van der Waals surface area contributed by atoms with Crippen molar-refractivity contribution >= 4 is 46.6 Å². The molecule has 2 heterocycles. The Morgan fingerprint density at radius 2 is 1.61 bits per heavy atom. The summed E-state index contributed by atoms with van der Waals surface area (Å²) in [4.78, 5) is 29.4. The van der Waals surface area contributed by atoms with Crippen LogP contribution in [0.2, 0.25) is 0 Å². The summed E-state index contributed by atoms with van der Waals surface area (Å²) in [5, 5.41) is 2.69. The van der Waals surface area contributed by atoms with E-state index in [0.717, 1.165) is 18.7 Å². The molecule has 2 aromatic carbocycles. The van der Waals surface area contributed by atoms with Crippen LogP contribution in [0.25, 0.3) is 6.08 Å². The third-order valence-corrected chi connectivity index (χ3v) is 5.72. The molecule has 1 N–H and O–H groups in total. The molecule has 0 atom stereocenters. The molecule has 0 aliphatic carbocycles. The van der Waals surface area contributed by atoms with Crippen LogP contribution in [0.4, 0.5) is 11.4 Å². The predicted octanol–water partition coefficient (Wildman–Crippen LogP) is 3.91. The van der Waals surface area contributed by atoms with Crippen molar-refractivity contribution in [2.45, 2.75) is 26.2 Å². The lowest BCUT2D eigenvalue weighted by Gasteiger charge is -2.29. The van der Waals surface area contributed by atoms with Crippen molar-refractivity contribution in [3.8, 4) is 5.75 Å². The fourth-order valence-electron chi connectivity index (χ4n) is 3.85. The number of piperidine rings is 1. The van der Waals surface area contributed by atoms with Gasteiger partial charge in [0.15, 0.2) is 5.11 Å². The molecule has 2 aliphatic rings. The molecule has 2 aliphatic heterocycles. The van der Waals surface area contributed by atoms with Crippen LogP contribution in [-0.4, -0.2) is 36.6 Å². The molecular formula is C24H25N3O3S. The molecule has 2 saturated heterocycles. The topological polar surface area (TPSA) is 61.9 Å². The minimum atomic E-state index is -0.489. The van der Waals surface area contributed by atoms with Gasteiger partial charge in [0.2, 0.25) is 0 Å². The average Bonchev–Trinajstić information content (AvgIpc) is 2.79. The standard InChI is InChI=1S/C24H25N3O3S/c1-2-30-20-12-10-19(11-13-20)27-23(29)21(22(28)25-24(27)31)16-17-6-8-18(9-7-17)26-14-4-3-5-15-26/h6-13,16H,2-5,14-15H2,1H3,(H,25,28,31)/b21-16+. The number of anilines is 2. The van der Waals surface area contributed by atoms with Gasteiger partial charge in [-0.15, -0.1) is 0 Å². The first-order chi connectivity index (χ1) is 15.1. The molecule has 0 unspecified atom stereocenters.